The van der Waals surface area contributed by atoms with Crippen LogP contribution in [0.3, 0.4) is 0 Å². The molecule has 6 nitrogen and oxygen atoms in total. The SMILES string of the molecule is CN=C(NCC(C)N1CCOCC1C)NC1CCN(Cc2ccccc2C)CC1.I. The van der Waals surface area contributed by atoms with Crippen molar-refractivity contribution in [2.24, 2.45) is 4.99 Å². The van der Waals surface area contributed by atoms with Gasteiger partial charge in [-0.15, -0.1) is 24.0 Å². The predicted molar refractivity (Wildman–Crippen MR) is 136 cm³/mol. The van der Waals surface area contributed by atoms with E-state index in [1.807, 2.05) is 7.05 Å². The first-order chi connectivity index (χ1) is 14.1. The zero-order valence-electron chi connectivity index (χ0n) is 19.1. The zero-order chi connectivity index (χ0) is 20.6. The Bertz CT molecular complexity index is 663. The summed E-state index contributed by atoms with van der Waals surface area (Å²) in [6, 6.07) is 10.2. The molecule has 2 saturated heterocycles. The highest BCUT2D eigenvalue weighted by Crippen LogP contribution is 2.16. The highest BCUT2D eigenvalue weighted by Gasteiger charge is 2.24. The average Bonchev–Trinajstić information content (AvgIpc) is 2.74. The van der Waals surface area contributed by atoms with Gasteiger partial charge in [0.15, 0.2) is 5.96 Å². The van der Waals surface area contributed by atoms with Crippen molar-refractivity contribution in [3.05, 3.63) is 35.4 Å². The van der Waals surface area contributed by atoms with Gasteiger partial charge in [-0.3, -0.25) is 14.8 Å². The molecule has 2 heterocycles. The first-order valence-corrected chi connectivity index (χ1v) is 11.1. The molecule has 0 amide bonds. The van der Waals surface area contributed by atoms with Gasteiger partial charge in [-0.1, -0.05) is 24.3 Å². The molecule has 3 rings (SSSR count). The van der Waals surface area contributed by atoms with E-state index in [1.165, 1.54) is 11.1 Å². The van der Waals surface area contributed by atoms with E-state index in [4.69, 9.17) is 4.74 Å². The summed E-state index contributed by atoms with van der Waals surface area (Å²) in [4.78, 5) is 9.54. The van der Waals surface area contributed by atoms with Gasteiger partial charge in [0, 0.05) is 57.9 Å². The lowest BCUT2D eigenvalue weighted by Crippen LogP contribution is -2.54. The van der Waals surface area contributed by atoms with E-state index >= 15 is 0 Å². The van der Waals surface area contributed by atoms with Gasteiger partial charge < -0.3 is 15.4 Å². The minimum absolute atomic E-state index is 0. The summed E-state index contributed by atoms with van der Waals surface area (Å²) in [6.45, 7) is 13.6. The highest BCUT2D eigenvalue weighted by atomic mass is 127. The van der Waals surface area contributed by atoms with Gasteiger partial charge >= 0.3 is 0 Å². The van der Waals surface area contributed by atoms with Gasteiger partial charge in [0.2, 0.25) is 0 Å². The zero-order valence-corrected chi connectivity index (χ0v) is 21.4. The number of aryl methyl sites for hydroxylation is 1. The van der Waals surface area contributed by atoms with Crippen LogP contribution in [-0.2, 0) is 11.3 Å². The number of halogens is 1. The van der Waals surface area contributed by atoms with Crippen molar-refractivity contribution in [2.75, 3.05) is 46.4 Å². The topological polar surface area (TPSA) is 52.1 Å². The Morgan fingerprint density at radius 2 is 1.97 bits per heavy atom. The molecule has 1 aromatic rings. The van der Waals surface area contributed by atoms with Crippen LogP contribution in [0.5, 0.6) is 0 Å². The van der Waals surface area contributed by atoms with E-state index in [9.17, 15) is 0 Å². The van der Waals surface area contributed by atoms with Crippen LogP contribution in [0.15, 0.2) is 29.3 Å². The molecule has 0 aliphatic carbocycles. The third kappa shape index (κ3) is 7.35. The summed E-state index contributed by atoms with van der Waals surface area (Å²) in [5.74, 6) is 0.926. The van der Waals surface area contributed by atoms with E-state index in [0.717, 1.165) is 64.7 Å². The number of hydrogen-bond acceptors (Lipinski definition) is 4. The molecule has 170 valence electrons. The summed E-state index contributed by atoms with van der Waals surface area (Å²) in [7, 11) is 1.87. The minimum Gasteiger partial charge on any atom is -0.379 e. The first-order valence-electron chi connectivity index (χ1n) is 11.1. The number of guanidine groups is 1. The second kappa shape index (κ2) is 12.8. The molecule has 2 fully saturated rings. The molecule has 2 aliphatic rings. The number of likely N-dealkylation sites (tertiary alicyclic amines) is 1. The number of aliphatic imine (C=N–C) groups is 1. The van der Waals surface area contributed by atoms with Crippen LogP contribution >= 0.6 is 24.0 Å². The lowest BCUT2D eigenvalue weighted by Gasteiger charge is -2.38. The summed E-state index contributed by atoms with van der Waals surface area (Å²) in [5.41, 5.74) is 2.84. The Labute approximate surface area is 199 Å². The van der Waals surface area contributed by atoms with Crippen LogP contribution in [0, 0.1) is 6.92 Å². The molecule has 0 radical (unpaired) electrons. The van der Waals surface area contributed by atoms with Gasteiger partial charge in [-0.05, 0) is 44.7 Å². The Morgan fingerprint density at radius 3 is 2.63 bits per heavy atom. The molecule has 30 heavy (non-hydrogen) atoms. The Morgan fingerprint density at radius 1 is 1.23 bits per heavy atom. The van der Waals surface area contributed by atoms with Crippen LogP contribution in [0.2, 0.25) is 0 Å². The second-order valence-electron chi connectivity index (χ2n) is 8.59. The lowest BCUT2D eigenvalue weighted by atomic mass is 10.0. The number of hydrogen-bond donors (Lipinski definition) is 2. The molecule has 0 bridgehead atoms. The van der Waals surface area contributed by atoms with Gasteiger partial charge in [-0.2, -0.15) is 0 Å². The standard InChI is InChI=1S/C23H39N5O.HI/c1-18-7-5-6-8-21(18)16-27-11-9-22(10-12-27)26-23(24-4)25-15-19(2)28-13-14-29-17-20(28)3;/h5-8,19-20,22H,9-17H2,1-4H3,(H2,24,25,26);1H. The molecular formula is C23H40IN5O. The predicted octanol–water partition coefficient (Wildman–Crippen LogP) is 2.85. The molecule has 2 unspecified atom stereocenters. The van der Waals surface area contributed by atoms with E-state index in [2.05, 4.69) is 70.5 Å². The smallest absolute Gasteiger partial charge is 0.191 e. The van der Waals surface area contributed by atoms with Crippen LogP contribution in [0.4, 0.5) is 0 Å². The van der Waals surface area contributed by atoms with Gasteiger partial charge in [0.1, 0.15) is 0 Å². The second-order valence-corrected chi connectivity index (χ2v) is 8.59. The minimum atomic E-state index is 0. The molecular weight excluding hydrogens is 489 g/mol. The third-order valence-corrected chi connectivity index (χ3v) is 6.36. The van der Waals surface area contributed by atoms with E-state index in [1.54, 1.807) is 0 Å². The molecule has 0 aromatic heterocycles. The van der Waals surface area contributed by atoms with E-state index < -0.39 is 0 Å². The van der Waals surface area contributed by atoms with Crippen molar-refractivity contribution in [1.29, 1.82) is 0 Å². The van der Waals surface area contributed by atoms with Crippen molar-refractivity contribution in [3.8, 4) is 0 Å². The fourth-order valence-corrected chi connectivity index (χ4v) is 4.41. The summed E-state index contributed by atoms with van der Waals surface area (Å²) >= 11 is 0. The average molecular weight is 530 g/mol. The molecule has 0 saturated carbocycles. The van der Waals surface area contributed by atoms with Gasteiger partial charge in [-0.25, -0.2) is 0 Å². The van der Waals surface area contributed by atoms with Crippen molar-refractivity contribution in [1.82, 2.24) is 20.4 Å². The normalized spacial score (nSPS) is 22.9. The molecule has 1 aromatic carbocycles. The van der Waals surface area contributed by atoms with Gasteiger partial charge in [0.05, 0.1) is 13.2 Å². The maximum Gasteiger partial charge on any atom is 0.191 e. The van der Waals surface area contributed by atoms with Crippen LogP contribution < -0.4 is 10.6 Å². The summed E-state index contributed by atoms with van der Waals surface area (Å²) in [5, 5.41) is 7.18. The highest BCUT2D eigenvalue weighted by molar-refractivity contribution is 14.0. The number of piperidine rings is 1. The van der Waals surface area contributed by atoms with E-state index in [0.29, 0.717) is 18.1 Å². The van der Waals surface area contributed by atoms with Crippen molar-refractivity contribution in [2.45, 2.75) is 58.3 Å². The molecule has 0 spiro atoms. The largest absolute Gasteiger partial charge is 0.379 e. The summed E-state index contributed by atoms with van der Waals surface area (Å²) in [6.07, 6.45) is 2.31. The number of nitrogens with one attached hydrogen (secondary N) is 2. The third-order valence-electron chi connectivity index (χ3n) is 6.36. The molecule has 2 N–H and O–H groups in total. The molecule has 2 aliphatic heterocycles. The Hall–Kier alpha value is -0.900. The number of morpholine rings is 1. The van der Waals surface area contributed by atoms with Crippen LogP contribution in [0.1, 0.15) is 37.8 Å². The van der Waals surface area contributed by atoms with Gasteiger partial charge in [0.25, 0.3) is 0 Å². The molecule has 7 heteroatoms. The number of benzene rings is 1. The Kier molecular flexibility index (Phi) is 10.8. The van der Waals surface area contributed by atoms with Crippen molar-refractivity contribution < 1.29 is 4.74 Å². The van der Waals surface area contributed by atoms with Crippen molar-refractivity contribution in [3.63, 3.8) is 0 Å². The number of nitrogens with zero attached hydrogens (tertiary/aromatic N) is 3. The fraction of sp³-hybridized carbons (Fsp3) is 0.696. The first kappa shape index (κ1) is 25.4. The van der Waals surface area contributed by atoms with Crippen molar-refractivity contribution >= 4 is 29.9 Å². The monoisotopic (exact) mass is 529 g/mol. The quantitative estimate of drug-likeness (QED) is 0.337. The molecule has 2 atom stereocenters. The van der Waals surface area contributed by atoms with Crippen LogP contribution in [0.25, 0.3) is 0 Å². The maximum absolute atomic E-state index is 5.56. The maximum atomic E-state index is 5.56. The lowest BCUT2D eigenvalue weighted by molar-refractivity contribution is -0.0174. The van der Waals surface area contributed by atoms with Crippen LogP contribution in [-0.4, -0.2) is 80.3 Å². The number of rotatable bonds is 6. The van der Waals surface area contributed by atoms with E-state index in [-0.39, 0.29) is 24.0 Å². The Balaban J connectivity index is 0.00000320. The summed E-state index contributed by atoms with van der Waals surface area (Å²) < 4.78 is 5.56. The fourth-order valence-electron chi connectivity index (χ4n) is 4.41. The number of ether oxygens (including phenoxy) is 1.